The Morgan fingerprint density at radius 2 is 1.74 bits per heavy atom. The summed E-state index contributed by atoms with van der Waals surface area (Å²) in [5.41, 5.74) is 1.06. The summed E-state index contributed by atoms with van der Waals surface area (Å²) in [5, 5.41) is 2.78. The lowest BCUT2D eigenvalue weighted by Crippen LogP contribution is -2.31. The summed E-state index contributed by atoms with van der Waals surface area (Å²) in [6.07, 6.45) is 0. The number of carbonyl (C=O) groups is 2. The van der Waals surface area contributed by atoms with Crippen LogP contribution in [0.5, 0.6) is 17.2 Å². The van der Waals surface area contributed by atoms with Crippen molar-refractivity contribution >= 4 is 11.9 Å². The zero-order chi connectivity index (χ0) is 19.8. The minimum atomic E-state index is -0.671. The average molecular weight is 373 g/mol. The van der Waals surface area contributed by atoms with E-state index in [9.17, 15) is 9.59 Å². The predicted molar refractivity (Wildman–Crippen MR) is 99.4 cm³/mol. The first kappa shape index (κ1) is 20.1. The molecule has 0 heterocycles. The van der Waals surface area contributed by atoms with E-state index in [-0.39, 0.29) is 17.4 Å². The SMILES string of the molecule is COc1cccc(C(C)NC(=O)COC(=O)c2cccc(OC)c2OC)c1. The Bertz CT molecular complexity index is 805. The third-order valence-corrected chi connectivity index (χ3v) is 3.93. The van der Waals surface area contributed by atoms with Crippen molar-refractivity contribution in [3.8, 4) is 17.2 Å². The van der Waals surface area contributed by atoms with E-state index in [4.69, 9.17) is 18.9 Å². The second kappa shape index (κ2) is 9.47. The number of nitrogens with one attached hydrogen (secondary N) is 1. The van der Waals surface area contributed by atoms with Crippen LogP contribution in [0.2, 0.25) is 0 Å². The van der Waals surface area contributed by atoms with Crippen LogP contribution in [-0.2, 0) is 9.53 Å². The molecule has 7 heteroatoms. The van der Waals surface area contributed by atoms with E-state index >= 15 is 0 Å². The molecule has 0 saturated heterocycles. The second-order valence-corrected chi connectivity index (χ2v) is 5.68. The number of rotatable bonds is 8. The predicted octanol–water partition coefficient (Wildman–Crippen LogP) is 2.75. The molecule has 0 spiro atoms. The van der Waals surface area contributed by atoms with E-state index < -0.39 is 18.5 Å². The monoisotopic (exact) mass is 373 g/mol. The van der Waals surface area contributed by atoms with Crippen LogP contribution in [0.3, 0.4) is 0 Å². The molecule has 0 radical (unpaired) electrons. The molecule has 27 heavy (non-hydrogen) atoms. The van der Waals surface area contributed by atoms with Gasteiger partial charge in [0.05, 0.1) is 27.4 Å². The molecule has 0 saturated carbocycles. The minimum Gasteiger partial charge on any atom is -0.497 e. The molecule has 0 aliphatic heterocycles. The van der Waals surface area contributed by atoms with Gasteiger partial charge in [-0.2, -0.15) is 0 Å². The van der Waals surface area contributed by atoms with Crippen molar-refractivity contribution in [1.29, 1.82) is 0 Å². The van der Waals surface area contributed by atoms with E-state index in [2.05, 4.69) is 5.32 Å². The molecule has 1 unspecified atom stereocenters. The molecule has 0 aliphatic carbocycles. The third kappa shape index (κ3) is 5.13. The number of hydrogen-bond donors (Lipinski definition) is 1. The van der Waals surface area contributed by atoms with Gasteiger partial charge in [0, 0.05) is 0 Å². The Hall–Kier alpha value is -3.22. The molecule has 0 aliphatic rings. The summed E-state index contributed by atoms with van der Waals surface area (Å²) in [6, 6.07) is 11.9. The van der Waals surface area contributed by atoms with Gasteiger partial charge in [-0.15, -0.1) is 0 Å². The quantitative estimate of drug-likeness (QED) is 0.717. The second-order valence-electron chi connectivity index (χ2n) is 5.68. The first-order valence-electron chi connectivity index (χ1n) is 8.31. The summed E-state index contributed by atoms with van der Waals surface area (Å²) in [4.78, 5) is 24.4. The maximum absolute atomic E-state index is 12.3. The summed E-state index contributed by atoms with van der Waals surface area (Å²) in [7, 11) is 4.48. The Kier molecular flexibility index (Phi) is 7.05. The van der Waals surface area contributed by atoms with Crippen molar-refractivity contribution in [2.75, 3.05) is 27.9 Å². The molecule has 1 atom stereocenters. The number of para-hydroxylation sites is 1. The molecule has 0 aromatic heterocycles. The highest BCUT2D eigenvalue weighted by Crippen LogP contribution is 2.31. The van der Waals surface area contributed by atoms with Crippen LogP contribution in [0.4, 0.5) is 0 Å². The van der Waals surface area contributed by atoms with Crippen LogP contribution in [-0.4, -0.2) is 39.8 Å². The standard InChI is InChI=1S/C20H23NO6/c1-13(14-7-5-8-15(11-14)24-2)21-18(22)12-27-20(23)16-9-6-10-17(25-3)19(16)26-4/h5-11,13H,12H2,1-4H3,(H,21,22). The fraction of sp³-hybridized carbons (Fsp3) is 0.300. The average Bonchev–Trinajstić information content (AvgIpc) is 2.71. The lowest BCUT2D eigenvalue weighted by molar-refractivity contribution is -0.124. The lowest BCUT2D eigenvalue weighted by atomic mass is 10.1. The molecule has 2 aromatic carbocycles. The van der Waals surface area contributed by atoms with Crippen molar-refractivity contribution in [2.24, 2.45) is 0 Å². The van der Waals surface area contributed by atoms with Gasteiger partial charge in [-0.25, -0.2) is 4.79 Å². The van der Waals surface area contributed by atoms with Gasteiger partial charge in [-0.3, -0.25) is 4.79 Å². The number of methoxy groups -OCH3 is 3. The van der Waals surface area contributed by atoms with E-state index in [1.165, 1.54) is 14.2 Å². The largest absolute Gasteiger partial charge is 0.497 e. The first-order valence-corrected chi connectivity index (χ1v) is 8.31. The Morgan fingerprint density at radius 1 is 1.00 bits per heavy atom. The van der Waals surface area contributed by atoms with Crippen LogP contribution in [0.1, 0.15) is 28.9 Å². The van der Waals surface area contributed by atoms with Crippen LogP contribution >= 0.6 is 0 Å². The fourth-order valence-electron chi connectivity index (χ4n) is 2.53. The molecule has 1 N–H and O–H groups in total. The molecule has 1 amide bonds. The van der Waals surface area contributed by atoms with Crippen LogP contribution in [0.25, 0.3) is 0 Å². The molecule has 7 nitrogen and oxygen atoms in total. The number of carbonyl (C=O) groups excluding carboxylic acids is 2. The molecular formula is C20H23NO6. The number of amides is 1. The van der Waals surface area contributed by atoms with Gasteiger partial charge < -0.3 is 24.3 Å². The number of benzene rings is 2. The van der Waals surface area contributed by atoms with Gasteiger partial charge in [-0.05, 0) is 36.8 Å². The summed E-state index contributed by atoms with van der Waals surface area (Å²) >= 11 is 0. The van der Waals surface area contributed by atoms with Crippen LogP contribution < -0.4 is 19.5 Å². The van der Waals surface area contributed by atoms with Crippen LogP contribution in [0, 0.1) is 0 Å². The first-order chi connectivity index (χ1) is 13.0. The van der Waals surface area contributed by atoms with E-state index in [0.29, 0.717) is 11.5 Å². The Morgan fingerprint density at radius 3 is 2.41 bits per heavy atom. The van der Waals surface area contributed by atoms with Gasteiger partial charge in [0.1, 0.15) is 11.3 Å². The van der Waals surface area contributed by atoms with Crippen molar-refractivity contribution < 1.29 is 28.5 Å². The highest BCUT2D eigenvalue weighted by Gasteiger charge is 2.19. The number of hydrogen-bond acceptors (Lipinski definition) is 6. The van der Waals surface area contributed by atoms with E-state index in [1.807, 2.05) is 31.2 Å². The summed E-state index contributed by atoms with van der Waals surface area (Å²) < 4.78 is 20.6. The van der Waals surface area contributed by atoms with Crippen LogP contribution in [0.15, 0.2) is 42.5 Å². The normalized spacial score (nSPS) is 11.3. The minimum absolute atomic E-state index is 0.186. The van der Waals surface area contributed by atoms with E-state index in [1.54, 1.807) is 25.3 Å². The molecule has 144 valence electrons. The fourth-order valence-corrected chi connectivity index (χ4v) is 2.53. The van der Waals surface area contributed by atoms with Gasteiger partial charge in [0.25, 0.3) is 5.91 Å². The summed E-state index contributed by atoms with van der Waals surface area (Å²) in [5.74, 6) is 0.277. The molecule has 2 rings (SSSR count). The number of esters is 1. The van der Waals surface area contributed by atoms with Crippen molar-refractivity contribution in [3.63, 3.8) is 0 Å². The third-order valence-electron chi connectivity index (χ3n) is 3.93. The Labute approximate surface area is 158 Å². The van der Waals surface area contributed by atoms with Crippen molar-refractivity contribution in [1.82, 2.24) is 5.32 Å². The zero-order valence-electron chi connectivity index (χ0n) is 15.8. The lowest BCUT2D eigenvalue weighted by Gasteiger charge is -2.16. The maximum Gasteiger partial charge on any atom is 0.342 e. The van der Waals surface area contributed by atoms with Crippen molar-refractivity contribution in [2.45, 2.75) is 13.0 Å². The maximum atomic E-state index is 12.3. The number of ether oxygens (including phenoxy) is 4. The molecule has 0 fully saturated rings. The summed E-state index contributed by atoms with van der Waals surface area (Å²) in [6.45, 7) is 1.42. The zero-order valence-corrected chi connectivity index (χ0v) is 15.8. The Balaban J connectivity index is 1.96. The van der Waals surface area contributed by atoms with E-state index in [0.717, 1.165) is 5.56 Å². The van der Waals surface area contributed by atoms with Crippen molar-refractivity contribution in [3.05, 3.63) is 53.6 Å². The van der Waals surface area contributed by atoms with Gasteiger partial charge in [0.2, 0.25) is 0 Å². The highest BCUT2D eigenvalue weighted by molar-refractivity contribution is 5.95. The van der Waals surface area contributed by atoms with Gasteiger partial charge >= 0.3 is 5.97 Å². The van der Waals surface area contributed by atoms with Gasteiger partial charge in [0.15, 0.2) is 18.1 Å². The molecular weight excluding hydrogens is 350 g/mol. The van der Waals surface area contributed by atoms with Gasteiger partial charge in [-0.1, -0.05) is 18.2 Å². The molecule has 0 bridgehead atoms. The molecule has 2 aromatic rings. The highest BCUT2D eigenvalue weighted by atomic mass is 16.5. The topological polar surface area (TPSA) is 83.1 Å². The smallest absolute Gasteiger partial charge is 0.342 e.